The Morgan fingerprint density at radius 3 is 2.68 bits per heavy atom. The van der Waals surface area contributed by atoms with Crippen LogP contribution in [0.25, 0.3) is 11.0 Å². The van der Waals surface area contributed by atoms with Gasteiger partial charge in [0.2, 0.25) is 0 Å². The van der Waals surface area contributed by atoms with Crippen molar-refractivity contribution in [2.45, 2.75) is 12.8 Å². The standard InChI is InChI=1S/C15H20N4/c1-19-8-4-12(5-9-19)11-18-13-2-3-14-15(10-13)17-7-6-16-14/h2-3,6-7,10,12,18H,4-5,8-9,11H2,1H3. The number of aromatic nitrogens is 2. The molecule has 0 aliphatic carbocycles. The molecular weight excluding hydrogens is 236 g/mol. The molecule has 0 spiro atoms. The van der Waals surface area contributed by atoms with Crippen LogP contribution in [-0.4, -0.2) is 41.5 Å². The Labute approximate surface area is 113 Å². The lowest BCUT2D eigenvalue weighted by Crippen LogP contribution is -2.32. The fourth-order valence-corrected chi connectivity index (χ4v) is 2.60. The first kappa shape index (κ1) is 12.4. The van der Waals surface area contributed by atoms with Crippen LogP contribution in [0.15, 0.2) is 30.6 Å². The van der Waals surface area contributed by atoms with E-state index in [0.717, 1.165) is 29.2 Å². The molecule has 0 radical (unpaired) electrons. The molecule has 0 bridgehead atoms. The van der Waals surface area contributed by atoms with Gasteiger partial charge in [0.15, 0.2) is 0 Å². The molecule has 0 saturated carbocycles. The van der Waals surface area contributed by atoms with Gasteiger partial charge in [0, 0.05) is 24.6 Å². The van der Waals surface area contributed by atoms with E-state index in [1.54, 1.807) is 12.4 Å². The molecule has 4 nitrogen and oxygen atoms in total. The van der Waals surface area contributed by atoms with E-state index in [-0.39, 0.29) is 0 Å². The predicted molar refractivity (Wildman–Crippen MR) is 78.2 cm³/mol. The highest BCUT2D eigenvalue weighted by Gasteiger charge is 2.16. The zero-order valence-electron chi connectivity index (χ0n) is 11.3. The summed E-state index contributed by atoms with van der Waals surface area (Å²) in [7, 11) is 2.20. The summed E-state index contributed by atoms with van der Waals surface area (Å²) in [5, 5.41) is 3.54. The van der Waals surface area contributed by atoms with Crippen molar-refractivity contribution < 1.29 is 0 Å². The van der Waals surface area contributed by atoms with Crippen LogP contribution in [0.1, 0.15) is 12.8 Å². The zero-order valence-corrected chi connectivity index (χ0v) is 11.3. The Kier molecular flexibility index (Phi) is 3.60. The van der Waals surface area contributed by atoms with E-state index in [4.69, 9.17) is 0 Å². The lowest BCUT2D eigenvalue weighted by atomic mass is 9.97. The fraction of sp³-hybridized carbons (Fsp3) is 0.467. The molecule has 2 heterocycles. The van der Waals surface area contributed by atoms with Gasteiger partial charge in [-0.3, -0.25) is 9.97 Å². The lowest BCUT2D eigenvalue weighted by Gasteiger charge is -2.29. The second-order valence-electron chi connectivity index (χ2n) is 5.39. The van der Waals surface area contributed by atoms with Crippen LogP contribution in [0.3, 0.4) is 0 Å². The third-order valence-electron chi connectivity index (χ3n) is 3.90. The van der Waals surface area contributed by atoms with Crippen LogP contribution < -0.4 is 5.32 Å². The zero-order chi connectivity index (χ0) is 13.1. The van der Waals surface area contributed by atoms with E-state index in [1.165, 1.54) is 25.9 Å². The van der Waals surface area contributed by atoms with Crippen molar-refractivity contribution >= 4 is 16.7 Å². The third kappa shape index (κ3) is 3.01. The SMILES string of the molecule is CN1CCC(CNc2ccc3nccnc3c2)CC1. The number of anilines is 1. The lowest BCUT2D eigenvalue weighted by molar-refractivity contribution is 0.226. The molecule has 0 unspecified atom stereocenters. The average Bonchev–Trinajstić information content (AvgIpc) is 2.46. The van der Waals surface area contributed by atoms with Gasteiger partial charge in [0.25, 0.3) is 0 Å². The van der Waals surface area contributed by atoms with E-state index >= 15 is 0 Å². The summed E-state index contributed by atoms with van der Waals surface area (Å²) in [6.07, 6.45) is 6.05. The molecule has 4 heteroatoms. The molecule has 1 saturated heterocycles. The Balaban J connectivity index is 1.62. The number of fused-ring (bicyclic) bond motifs is 1. The van der Waals surface area contributed by atoms with E-state index in [2.05, 4.69) is 39.4 Å². The Morgan fingerprint density at radius 1 is 1.16 bits per heavy atom. The van der Waals surface area contributed by atoms with Gasteiger partial charge in [-0.25, -0.2) is 0 Å². The minimum Gasteiger partial charge on any atom is -0.385 e. The van der Waals surface area contributed by atoms with Crippen LogP contribution >= 0.6 is 0 Å². The summed E-state index contributed by atoms with van der Waals surface area (Å²) in [5.41, 5.74) is 3.05. The molecule has 1 fully saturated rings. The average molecular weight is 256 g/mol. The minimum atomic E-state index is 0.786. The number of nitrogens with zero attached hydrogens (tertiary/aromatic N) is 3. The first-order chi connectivity index (χ1) is 9.31. The first-order valence-corrected chi connectivity index (χ1v) is 6.94. The van der Waals surface area contributed by atoms with Crippen LogP contribution in [-0.2, 0) is 0 Å². The molecule has 1 aliphatic rings. The van der Waals surface area contributed by atoms with Gasteiger partial charge in [0.1, 0.15) is 0 Å². The van der Waals surface area contributed by atoms with E-state index < -0.39 is 0 Å². The summed E-state index contributed by atoms with van der Waals surface area (Å²) in [6.45, 7) is 3.49. The van der Waals surface area contributed by atoms with Gasteiger partial charge in [-0.2, -0.15) is 0 Å². The van der Waals surface area contributed by atoms with Crippen LogP contribution in [0.5, 0.6) is 0 Å². The fourth-order valence-electron chi connectivity index (χ4n) is 2.60. The van der Waals surface area contributed by atoms with E-state index in [0.29, 0.717) is 0 Å². The second kappa shape index (κ2) is 5.53. The highest BCUT2D eigenvalue weighted by atomic mass is 15.1. The third-order valence-corrected chi connectivity index (χ3v) is 3.90. The van der Waals surface area contributed by atoms with Crippen molar-refractivity contribution in [3.63, 3.8) is 0 Å². The molecule has 3 rings (SSSR count). The minimum absolute atomic E-state index is 0.786. The van der Waals surface area contributed by atoms with Crippen LogP contribution in [0.4, 0.5) is 5.69 Å². The molecule has 0 amide bonds. The molecule has 19 heavy (non-hydrogen) atoms. The summed E-state index contributed by atoms with van der Waals surface area (Å²) in [6, 6.07) is 6.20. The highest BCUT2D eigenvalue weighted by molar-refractivity contribution is 5.78. The first-order valence-electron chi connectivity index (χ1n) is 6.94. The van der Waals surface area contributed by atoms with Gasteiger partial charge in [-0.15, -0.1) is 0 Å². The van der Waals surface area contributed by atoms with Crippen molar-refractivity contribution in [1.29, 1.82) is 0 Å². The Bertz CT molecular complexity index is 547. The van der Waals surface area contributed by atoms with Gasteiger partial charge < -0.3 is 10.2 Å². The predicted octanol–water partition coefficient (Wildman–Crippen LogP) is 2.38. The van der Waals surface area contributed by atoms with E-state index in [1.807, 2.05) is 6.07 Å². The Morgan fingerprint density at radius 2 is 1.89 bits per heavy atom. The van der Waals surface area contributed by atoms with Gasteiger partial charge in [-0.1, -0.05) is 0 Å². The van der Waals surface area contributed by atoms with Gasteiger partial charge in [-0.05, 0) is 57.1 Å². The quantitative estimate of drug-likeness (QED) is 0.915. The van der Waals surface area contributed by atoms with Gasteiger partial charge in [0.05, 0.1) is 11.0 Å². The van der Waals surface area contributed by atoms with Crippen molar-refractivity contribution in [3.05, 3.63) is 30.6 Å². The van der Waals surface area contributed by atoms with Crippen molar-refractivity contribution in [1.82, 2.24) is 14.9 Å². The number of nitrogens with one attached hydrogen (secondary N) is 1. The summed E-state index contributed by atoms with van der Waals surface area (Å²) < 4.78 is 0. The number of hydrogen-bond acceptors (Lipinski definition) is 4. The molecule has 0 atom stereocenters. The van der Waals surface area contributed by atoms with Crippen LogP contribution in [0.2, 0.25) is 0 Å². The second-order valence-corrected chi connectivity index (χ2v) is 5.39. The van der Waals surface area contributed by atoms with Gasteiger partial charge >= 0.3 is 0 Å². The van der Waals surface area contributed by atoms with E-state index in [9.17, 15) is 0 Å². The van der Waals surface area contributed by atoms with Crippen molar-refractivity contribution in [2.24, 2.45) is 5.92 Å². The Hall–Kier alpha value is -1.68. The number of piperidine rings is 1. The summed E-state index contributed by atoms with van der Waals surface area (Å²) in [4.78, 5) is 11.0. The monoisotopic (exact) mass is 256 g/mol. The number of likely N-dealkylation sites (tertiary alicyclic amines) is 1. The normalized spacial score (nSPS) is 17.7. The number of benzene rings is 1. The maximum Gasteiger partial charge on any atom is 0.0907 e. The molecule has 100 valence electrons. The molecule has 1 N–H and O–H groups in total. The summed E-state index contributed by atoms with van der Waals surface area (Å²) in [5.74, 6) is 0.786. The molecule has 1 aromatic carbocycles. The topological polar surface area (TPSA) is 41.0 Å². The van der Waals surface area contributed by atoms with Crippen molar-refractivity contribution in [3.8, 4) is 0 Å². The molecule has 1 aliphatic heterocycles. The maximum absolute atomic E-state index is 4.34. The molecule has 2 aromatic rings. The number of hydrogen-bond donors (Lipinski definition) is 1. The maximum atomic E-state index is 4.34. The molecular formula is C15H20N4. The largest absolute Gasteiger partial charge is 0.385 e. The van der Waals surface area contributed by atoms with Crippen molar-refractivity contribution in [2.75, 3.05) is 32.0 Å². The smallest absolute Gasteiger partial charge is 0.0907 e. The highest BCUT2D eigenvalue weighted by Crippen LogP contribution is 2.19. The molecule has 1 aromatic heterocycles. The van der Waals surface area contributed by atoms with Crippen LogP contribution in [0, 0.1) is 5.92 Å². The number of rotatable bonds is 3. The summed E-state index contributed by atoms with van der Waals surface area (Å²) >= 11 is 0.